The third kappa shape index (κ3) is 4.05. The first-order chi connectivity index (χ1) is 12.6. The summed E-state index contributed by atoms with van der Waals surface area (Å²) in [6.45, 7) is 0.763. The van der Waals surface area contributed by atoms with Crippen molar-refractivity contribution in [3.8, 4) is 0 Å². The number of pyridine rings is 1. The minimum atomic E-state index is -0.436. The Labute approximate surface area is 151 Å². The lowest BCUT2D eigenvalue weighted by Crippen LogP contribution is -2.28. The number of likely N-dealkylation sites (tertiary alicyclic amines) is 1. The average molecular weight is 353 g/mol. The molecule has 0 spiro atoms. The zero-order chi connectivity index (χ0) is 18.5. The number of hydrogen-bond acceptors (Lipinski definition) is 5. The Morgan fingerprint density at radius 2 is 2.00 bits per heavy atom. The summed E-state index contributed by atoms with van der Waals surface area (Å²) < 4.78 is 4.64. The zero-order valence-corrected chi connectivity index (χ0v) is 14.3. The van der Waals surface area contributed by atoms with Crippen LogP contribution >= 0.6 is 0 Å². The number of rotatable bonds is 5. The van der Waals surface area contributed by atoms with Crippen molar-refractivity contribution >= 4 is 23.5 Å². The summed E-state index contributed by atoms with van der Waals surface area (Å²) in [7, 11) is 1.31. The molecule has 0 saturated carbocycles. The van der Waals surface area contributed by atoms with E-state index in [4.69, 9.17) is 0 Å². The first-order valence-corrected chi connectivity index (χ1v) is 8.23. The molecule has 2 heterocycles. The summed E-state index contributed by atoms with van der Waals surface area (Å²) in [5, 5.41) is 2.79. The zero-order valence-electron chi connectivity index (χ0n) is 14.3. The van der Waals surface area contributed by atoms with Gasteiger partial charge in [0.1, 0.15) is 0 Å². The smallest absolute Gasteiger partial charge is 0.337 e. The Morgan fingerprint density at radius 1 is 1.23 bits per heavy atom. The maximum absolute atomic E-state index is 12.4. The first-order valence-electron chi connectivity index (χ1n) is 8.23. The van der Waals surface area contributed by atoms with Gasteiger partial charge in [0.15, 0.2) is 0 Å². The predicted octanol–water partition coefficient (Wildman–Crippen LogP) is 1.86. The molecule has 2 amide bonds. The molecule has 7 nitrogen and oxygen atoms in total. The summed E-state index contributed by atoms with van der Waals surface area (Å²) in [6, 6.07) is 12.0. The second-order valence-corrected chi connectivity index (χ2v) is 6.05. The monoisotopic (exact) mass is 353 g/mol. The molecule has 1 N–H and O–H groups in total. The Kier molecular flexibility index (Phi) is 5.26. The molecular formula is C19H19N3O4. The summed E-state index contributed by atoms with van der Waals surface area (Å²) >= 11 is 0. The van der Waals surface area contributed by atoms with Gasteiger partial charge in [-0.25, -0.2) is 4.79 Å². The average Bonchev–Trinajstić information content (AvgIpc) is 3.03. The third-order valence-electron chi connectivity index (χ3n) is 4.24. The predicted molar refractivity (Wildman–Crippen MR) is 94.2 cm³/mol. The Balaban J connectivity index is 1.58. The summed E-state index contributed by atoms with van der Waals surface area (Å²) in [5.74, 6) is -1.12. The molecule has 134 valence electrons. The van der Waals surface area contributed by atoms with Crippen LogP contribution in [0, 0.1) is 5.92 Å². The fraction of sp³-hybridized carbons (Fsp3) is 0.263. The molecule has 26 heavy (non-hydrogen) atoms. The normalized spacial score (nSPS) is 16.4. The quantitative estimate of drug-likeness (QED) is 0.829. The van der Waals surface area contributed by atoms with E-state index in [9.17, 15) is 14.4 Å². The summed E-state index contributed by atoms with van der Waals surface area (Å²) in [6.07, 6.45) is 1.86. The number of methoxy groups -OCH3 is 1. The summed E-state index contributed by atoms with van der Waals surface area (Å²) in [4.78, 5) is 41.9. The van der Waals surface area contributed by atoms with Gasteiger partial charge in [-0.15, -0.1) is 0 Å². The van der Waals surface area contributed by atoms with E-state index in [2.05, 4.69) is 15.0 Å². The van der Waals surface area contributed by atoms with E-state index in [0.717, 1.165) is 5.69 Å². The maximum atomic E-state index is 12.4. The minimum absolute atomic E-state index is 0.0585. The van der Waals surface area contributed by atoms with Crippen LogP contribution in [0.4, 0.5) is 5.69 Å². The lowest BCUT2D eigenvalue weighted by molar-refractivity contribution is -0.128. The van der Waals surface area contributed by atoms with Gasteiger partial charge in [0, 0.05) is 24.8 Å². The van der Waals surface area contributed by atoms with Crippen LogP contribution in [0.1, 0.15) is 22.5 Å². The van der Waals surface area contributed by atoms with Crippen LogP contribution in [0.25, 0.3) is 0 Å². The molecule has 1 saturated heterocycles. The van der Waals surface area contributed by atoms with Crippen LogP contribution < -0.4 is 5.32 Å². The molecule has 0 bridgehead atoms. The van der Waals surface area contributed by atoms with Crippen molar-refractivity contribution in [3.63, 3.8) is 0 Å². The second kappa shape index (κ2) is 7.77. The Bertz CT molecular complexity index is 805. The lowest BCUT2D eigenvalue weighted by atomic mass is 10.1. The highest BCUT2D eigenvalue weighted by molar-refractivity contribution is 5.97. The number of anilines is 1. The molecule has 1 aromatic heterocycles. The van der Waals surface area contributed by atoms with E-state index >= 15 is 0 Å². The molecule has 1 aliphatic heterocycles. The van der Waals surface area contributed by atoms with Crippen LogP contribution in [0.5, 0.6) is 0 Å². The number of nitrogens with one attached hydrogen (secondary N) is 1. The van der Waals surface area contributed by atoms with Gasteiger partial charge in [0.05, 0.1) is 30.8 Å². The van der Waals surface area contributed by atoms with Gasteiger partial charge in [-0.1, -0.05) is 6.07 Å². The highest BCUT2D eigenvalue weighted by Crippen LogP contribution is 2.21. The topological polar surface area (TPSA) is 88.6 Å². The second-order valence-electron chi connectivity index (χ2n) is 6.05. The van der Waals surface area contributed by atoms with Gasteiger partial charge >= 0.3 is 5.97 Å². The number of esters is 1. The fourth-order valence-corrected chi connectivity index (χ4v) is 2.84. The van der Waals surface area contributed by atoms with Gasteiger partial charge < -0.3 is 15.0 Å². The van der Waals surface area contributed by atoms with E-state index in [1.165, 1.54) is 7.11 Å². The number of benzene rings is 1. The largest absolute Gasteiger partial charge is 0.465 e. The Morgan fingerprint density at radius 3 is 2.65 bits per heavy atom. The lowest BCUT2D eigenvalue weighted by Gasteiger charge is -2.16. The van der Waals surface area contributed by atoms with Gasteiger partial charge in [-0.05, 0) is 36.4 Å². The van der Waals surface area contributed by atoms with Crippen molar-refractivity contribution in [2.75, 3.05) is 19.0 Å². The summed E-state index contributed by atoms with van der Waals surface area (Å²) in [5.41, 5.74) is 1.77. The molecule has 1 atom stereocenters. The van der Waals surface area contributed by atoms with E-state index in [-0.39, 0.29) is 18.2 Å². The molecular weight excluding hydrogens is 334 g/mol. The third-order valence-corrected chi connectivity index (χ3v) is 4.24. The molecule has 1 aliphatic rings. The molecule has 2 aromatic rings. The van der Waals surface area contributed by atoms with Crippen LogP contribution in [0.15, 0.2) is 48.7 Å². The number of nitrogens with zero attached hydrogens (tertiary/aromatic N) is 2. The van der Waals surface area contributed by atoms with Gasteiger partial charge in [-0.3, -0.25) is 14.6 Å². The maximum Gasteiger partial charge on any atom is 0.337 e. The molecule has 0 unspecified atom stereocenters. The van der Waals surface area contributed by atoms with Crippen LogP contribution in [0.3, 0.4) is 0 Å². The fourth-order valence-electron chi connectivity index (χ4n) is 2.84. The van der Waals surface area contributed by atoms with E-state index in [1.807, 2.05) is 18.2 Å². The van der Waals surface area contributed by atoms with Crippen molar-refractivity contribution in [1.82, 2.24) is 9.88 Å². The number of hydrogen-bond donors (Lipinski definition) is 1. The number of amides is 2. The van der Waals surface area contributed by atoms with Crippen molar-refractivity contribution < 1.29 is 19.1 Å². The van der Waals surface area contributed by atoms with Crippen molar-refractivity contribution in [1.29, 1.82) is 0 Å². The van der Waals surface area contributed by atoms with E-state index in [1.54, 1.807) is 35.4 Å². The van der Waals surface area contributed by atoms with Crippen molar-refractivity contribution in [3.05, 3.63) is 59.9 Å². The molecule has 1 fully saturated rings. The van der Waals surface area contributed by atoms with E-state index in [0.29, 0.717) is 24.3 Å². The van der Waals surface area contributed by atoms with Gasteiger partial charge in [0.25, 0.3) is 0 Å². The van der Waals surface area contributed by atoms with Crippen molar-refractivity contribution in [2.45, 2.75) is 13.0 Å². The Hall–Kier alpha value is -3.22. The molecule has 0 aliphatic carbocycles. The minimum Gasteiger partial charge on any atom is -0.465 e. The number of carbonyl (C=O) groups is 3. The highest BCUT2D eigenvalue weighted by atomic mass is 16.5. The molecule has 1 aromatic carbocycles. The van der Waals surface area contributed by atoms with Gasteiger partial charge in [-0.2, -0.15) is 0 Å². The first kappa shape index (κ1) is 17.6. The number of aromatic nitrogens is 1. The molecule has 3 rings (SSSR count). The standard InChI is InChI=1S/C19H19N3O4/c1-26-19(25)13-5-7-15(8-6-13)21-18(24)14-10-17(23)22(11-14)12-16-4-2-3-9-20-16/h2-9,14H,10-12H2,1H3,(H,21,24)/t14-/m1/s1. The molecule has 0 radical (unpaired) electrons. The SMILES string of the molecule is COC(=O)c1ccc(NC(=O)[C@@H]2CC(=O)N(Cc3ccccn3)C2)cc1. The van der Waals surface area contributed by atoms with Crippen LogP contribution in [-0.4, -0.2) is 41.3 Å². The highest BCUT2D eigenvalue weighted by Gasteiger charge is 2.34. The van der Waals surface area contributed by atoms with E-state index < -0.39 is 11.9 Å². The molecule has 7 heteroatoms. The van der Waals surface area contributed by atoms with Gasteiger partial charge in [0.2, 0.25) is 11.8 Å². The van der Waals surface area contributed by atoms with Crippen LogP contribution in [-0.2, 0) is 20.9 Å². The number of ether oxygens (including phenoxy) is 1. The number of carbonyl (C=O) groups excluding carboxylic acids is 3. The van der Waals surface area contributed by atoms with Crippen LogP contribution in [0.2, 0.25) is 0 Å². The van der Waals surface area contributed by atoms with Crippen molar-refractivity contribution in [2.24, 2.45) is 5.92 Å².